The summed E-state index contributed by atoms with van der Waals surface area (Å²) in [5.74, 6) is -1.88. The van der Waals surface area contributed by atoms with Gasteiger partial charge in [0, 0.05) is 11.8 Å². The van der Waals surface area contributed by atoms with E-state index in [0.717, 1.165) is 12.3 Å². The fraction of sp³-hybridized carbons (Fsp3) is 0.143. The molecule has 0 saturated carbocycles. The first-order chi connectivity index (χ1) is 5.91. The number of carbonyl (C=O) groups excluding carboxylic acids is 1. The van der Waals surface area contributed by atoms with Crippen LogP contribution in [0.15, 0.2) is 22.9 Å². The van der Waals surface area contributed by atoms with Gasteiger partial charge in [0.15, 0.2) is 0 Å². The molecule has 0 saturated heterocycles. The van der Waals surface area contributed by atoms with Crippen LogP contribution in [0.2, 0.25) is 0 Å². The monoisotopic (exact) mass is 271 g/mol. The third-order valence-corrected chi connectivity index (χ3v) is 1.72. The summed E-state index contributed by atoms with van der Waals surface area (Å²) in [6.07, 6.45) is -3.96. The maximum absolute atomic E-state index is 11.8. The van der Waals surface area contributed by atoms with Crippen LogP contribution in [0.5, 0.6) is 0 Å². The lowest BCUT2D eigenvalue weighted by atomic mass is 10.2. The summed E-state index contributed by atoms with van der Waals surface area (Å²) in [6, 6.07) is 2.34. The Kier molecular flexibility index (Phi) is 4.21. The number of Topliss-reactive ketones (excluding diaryl/α,β-unsaturated/α-hetero) is 1. The highest BCUT2D eigenvalue weighted by atomic mass is 79.9. The topological polar surface area (TPSA) is 61.5 Å². The Morgan fingerprint density at radius 1 is 1.36 bits per heavy atom. The fourth-order valence-corrected chi connectivity index (χ4v) is 0.908. The highest BCUT2D eigenvalue weighted by Gasteiger charge is 2.39. The van der Waals surface area contributed by atoms with E-state index in [4.69, 9.17) is 0 Å². The van der Waals surface area contributed by atoms with E-state index < -0.39 is 17.5 Å². The molecule has 7 heteroatoms. The van der Waals surface area contributed by atoms with Crippen LogP contribution in [0.4, 0.5) is 13.2 Å². The number of rotatable bonds is 1. The van der Waals surface area contributed by atoms with Crippen LogP contribution >= 0.6 is 15.9 Å². The molecule has 0 bridgehead atoms. The smallest absolute Gasteiger partial charge is 0.412 e. The van der Waals surface area contributed by atoms with Crippen molar-refractivity contribution in [3.63, 3.8) is 0 Å². The summed E-state index contributed by atoms with van der Waals surface area (Å²) in [5.41, 5.74) is -0.462. The molecule has 2 N–H and O–H groups in total. The number of nitrogens with zero attached hydrogens (tertiary/aromatic N) is 1. The molecule has 0 aliphatic carbocycles. The first-order valence-corrected chi connectivity index (χ1v) is 3.93. The van der Waals surface area contributed by atoms with Gasteiger partial charge in [-0.3, -0.25) is 4.79 Å². The Morgan fingerprint density at radius 2 is 1.93 bits per heavy atom. The van der Waals surface area contributed by atoms with Gasteiger partial charge in [0.2, 0.25) is 0 Å². The van der Waals surface area contributed by atoms with Gasteiger partial charge < -0.3 is 5.48 Å². The van der Waals surface area contributed by atoms with E-state index in [9.17, 15) is 18.0 Å². The molecule has 1 heterocycles. The lowest BCUT2D eigenvalue weighted by Gasteiger charge is -2.03. The van der Waals surface area contributed by atoms with E-state index in [1.54, 1.807) is 0 Å². The predicted octanol–water partition coefficient (Wildman–Crippen LogP) is 1.76. The van der Waals surface area contributed by atoms with Crippen LogP contribution in [0, 0.1) is 0 Å². The van der Waals surface area contributed by atoms with Gasteiger partial charge in [-0.2, -0.15) is 13.2 Å². The van der Waals surface area contributed by atoms with Crippen LogP contribution in [0.3, 0.4) is 0 Å². The molecule has 0 fully saturated rings. The molecule has 0 spiro atoms. The number of aromatic nitrogens is 1. The highest BCUT2D eigenvalue weighted by Crippen LogP contribution is 2.21. The average molecular weight is 272 g/mol. The van der Waals surface area contributed by atoms with Crippen molar-refractivity contribution >= 4 is 21.7 Å². The largest absolute Gasteiger partial charge is 0.454 e. The second-order valence-electron chi connectivity index (χ2n) is 2.20. The number of halogens is 4. The molecule has 1 aromatic rings. The maximum atomic E-state index is 11.8. The molecule has 0 aliphatic heterocycles. The van der Waals surface area contributed by atoms with Crippen molar-refractivity contribution in [2.45, 2.75) is 6.18 Å². The molecule has 78 valence electrons. The van der Waals surface area contributed by atoms with Crippen LogP contribution < -0.4 is 0 Å². The normalized spacial score (nSPS) is 10.6. The number of hydrogen-bond donors (Lipinski definition) is 0. The second kappa shape index (κ2) is 4.52. The number of alkyl halides is 3. The van der Waals surface area contributed by atoms with Gasteiger partial charge in [0.05, 0.1) is 0 Å². The minimum absolute atomic E-state index is 0. The molecule has 3 nitrogen and oxygen atoms in total. The highest BCUT2D eigenvalue weighted by molar-refractivity contribution is 9.10. The molecular weight excluding hydrogens is 267 g/mol. The number of carbonyl (C=O) groups is 1. The van der Waals surface area contributed by atoms with Gasteiger partial charge >= 0.3 is 6.18 Å². The Bertz CT molecular complexity index is 323. The minimum Gasteiger partial charge on any atom is -0.412 e. The molecule has 0 radical (unpaired) electrons. The number of hydrogen-bond acceptors (Lipinski definition) is 2. The van der Waals surface area contributed by atoms with Crippen molar-refractivity contribution in [3.8, 4) is 0 Å². The summed E-state index contributed by atoms with van der Waals surface area (Å²) in [4.78, 5) is 14.1. The Balaban J connectivity index is 0.00000169. The van der Waals surface area contributed by atoms with Gasteiger partial charge in [-0.15, -0.1) is 0 Å². The molecule has 0 aromatic carbocycles. The Morgan fingerprint density at radius 3 is 2.29 bits per heavy atom. The third kappa shape index (κ3) is 3.08. The van der Waals surface area contributed by atoms with Crippen LogP contribution in [-0.4, -0.2) is 22.4 Å². The van der Waals surface area contributed by atoms with Crippen molar-refractivity contribution in [2.24, 2.45) is 0 Å². The van der Waals surface area contributed by atoms with E-state index in [1.807, 2.05) is 0 Å². The summed E-state index contributed by atoms with van der Waals surface area (Å²) >= 11 is 2.94. The zero-order valence-corrected chi connectivity index (χ0v) is 8.19. The Labute approximate surface area is 85.4 Å². The minimum atomic E-state index is -4.84. The molecule has 0 atom stereocenters. The molecular formula is C7H5BrF3NO2. The van der Waals surface area contributed by atoms with Crippen LogP contribution in [0.25, 0.3) is 0 Å². The lowest BCUT2D eigenvalue weighted by molar-refractivity contribution is -0.0885. The average Bonchev–Trinajstić information content (AvgIpc) is 2.03. The maximum Gasteiger partial charge on any atom is 0.454 e. The summed E-state index contributed by atoms with van der Waals surface area (Å²) in [6.45, 7) is 0. The third-order valence-electron chi connectivity index (χ3n) is 1.25. The van der Waals surface area contributed by atoms with Crippen molar-refractivity contribution in [1.29, 1.82) is 0 Å². The standard InChI is InChI=1S/C7H3BrF3NO.H2O/c8-5-2-1-4(3-12-5)6(13)7(9,10)11;/h1-3H;1H2. The number of ketones is 1. The molecule has 0 aliphatic rings. The van der Waals surface area contributed by atoms with Gasteiger partial charge in [-0.05, 0) is 28.1 Å². The molecule has 0 unspecified atom stereocenters. The van der Waals surface area contributed by atoms with Crippen molar-refractivity contribution < 1.29 is 23.4 Å². The Hall–Kier alpha value is -0.950. The van der Waals surface area contributed by atoms with E-state index in [0.29, 0.717) is 4.60 Å². The van der Waals surface area contributed by atoms with Crippen LogP contribution in [-0.2, 0) is 0 Å². The van der Waals surface area contributed by atoms with Gasteiger partial charge in [0.25, 0.3) is 5.78 Å². The SMILES string of the molecule is O.O=C(c1ccc(Br)nc1)C(F)(F)F. The van der Waals surface area contributed by atoms with Crippen molar-refractivity contribution in [2.75, 3.05) is 0 Å². The fourth-order valence-electron chi connectivity index (χ4n) is 0.674. The second-order valence-corrected chi connectivity index (χ2v) is 3.01. The summed E-state index contributed by atoms with van der Waals surface area (Å²) < 4.78 is 35.9. The number of pyridine rings is 1. The summed E-state index contributed by atoms with van der Waals surface area (Å²) in [5, 5.41) is 0. The van der Waals surface area contributed by atoms with Crippen LogP contribution in [0.1, 0.15) is 10.4 Å². The predicted molar refractivity (Wildman–Crippen MR) is 45.9 cm³/mol. The molecule has 1 rings (SSSR count). The van der Waals surface area contributed by atoms with E-state index in [2.05, 4.69) is 20.9 Å². The summed E-state index contributed by atoms with van der Waals surface area (Å²) in [7, 11) is 0. The molecule has 0 amide bonds. The first kappa shape index (κ1) is 13.1. The van der Waals surface area contributed by atoms with E-state index in [-0.39, 0.29) is 5.48 Å². The van der Waals surface area contributed by atoms with Crippen molar-refractivity contribution in [3.05, 3.63) is 28.5 Å². The molecule has 1 aromatic heterocycles. The van der Waals surface area contributed by atoms with E-state index in [1.165, 1.54) is 6.07 Å². The first-order valence-electron chi connectivity index (χ1n) is 3.14. The van der Waals surface area contributed by atoms with Gasteiger partial charge in [0.1, 0.15) is 4.60 Å². The van der Waals surface area contributed by atoms with Gasteiger partial charge in [-0.25, -0.2) is 4.98 Å². The van der Waals surface area contributed by atoms with Crippen molar-refractivity contribution in [1.82, 2.24) is 4.98 Å². The molecule has 14 heavy (non-hydrogen) atoms. The lowest BCUT2D eigenvalue weighted by Crippen LogP contribution is -2.22. The van der Waals surface area contributed by atoms with E-state index >= 15 is 0 Å². The zero-order chi connectivity index (χ0) is 10.1. The quantitative estimate of drug-likeness (QED) is 0.577. The zero-order valence-electron chi connectivity index (χ0n) is 6.60. The van der Waals surface area contributed by atoms with Gasteiger partial charge in [-0.1, -0.05) is 0 Å².